The van der Waals surface area contributed by atoms with E-state index >= 15 is 0 Å². The van der Waals surface area contributed by atoms with Crippen molar-refractivity contribution in [1.29, 1.82) is 0 Å². The number of oxime groups is 1. The molecule has 1 N–H and O–H groups in total. The smallest absolute Gasteiger partial charge is 0.314 e. The van der Waals surface area contributed by atoms with Crippen molar-refractivity contribution in [3.8, 4) is 0 Å². The van der Waals surface area contributed by atoms with Gasteiger partial charge in [-0.2, -0.15) is 0 Å². The highest BCUT2D eigenvalue weighted by molar-refractivity contribution is 8.09. The van der Waals surface area contributed by atoms with Gasteiger partial charge in [-0.05, 0) is 49.4 Å². The molecule has 0 aliphatic heterocycles. The van der Waals surface area contributed by atoms with E-state index in [2.05, 4.69) is 22.2 Å². The minimum Gasteiger partial charge on any atom is -0.409 e. The van der Waals surface area contributed by atoms with Crippen molar-refractivity contribution in [2.75, 3.05) is 13.7 Å². The van der Waals surface area contributed by atoms with Crippen LogP contribution in [0.25, 0.3) is 0 Å². The summed E-state index contributed by atoms with van der Waals surface area (Å²) in [5.74, 6) is 0.214. The summed E-state index contributed by atoms with van der Waals surface area (Å²) < 4.78 is 11.5. The van der Waals surface area contributed by atoms with Gasteiger partial charge >= 0.3 is 6.64 Å². The topological polar surface area (TPSA) is 65.0 Å². The second kappa shape index (κ2) is 9.10. The first-order valence-corrected chi connectivity index (χ1v) is 9.43. The zero-order chi connectivity index (χ0) is 15.7. The molecule has 1 heterocycles. The molecular weight excluding hydrogens is 309 g/mol. The molecule has 2 atom stereocenters. The summed E-state index contributed by atoms with van der Waals surface area (Å²) in [6.07, 6.45) is 2.56. The van der Waals surface area contributed by atoms with E-state index in [-0.39, 0.29) is 11.9 Å². The van der Waals surface area contributed by atoms with Crippen LogP contribution in [0.4, 0.5) is 0 Å². The van der Waals surface area contributed by atoms with E-state index in [1.807, 2.05) is 26.0 Å². The van der Waals surface area contributed by atoms with Crippen molar-refractivity contribution in [2.24, 2.45) is 5.16 Å². The van der Waals surface area contributed by atoms with Crippen LogP contribution in [0.3, 0.4) is 0 Å². The van der Waals surface area contributed by atoms with Gasteiger partial charge in [0, 0.05) is 12.2 Å². The summed E-state index contributed by atoms with van der Waals surface area (Å²) >= 11 is 5.53. The molecule has 0 amide bonds. The molecule has 8 heteroatoms. The zero-order valence-electron chi connectivity index (χ0n) is 12.8. The Hall–Kier alpha value is -1.01. The van der Waals surface area contributed by atoms with Gasteiger partial charge < -0.3 is 13.9 Å². The molecule has 0 aliphatic carbocycles. The molecule has 0 radical (unpaired) electrons. The van der Waals surface area contributed by atoms with Crippen LogP contribution in [-0.2, 0) is 25.7 Å². The molecule has 6 nitrogen and oxygen atoms in total. The van der Waals surface area contributed by atoms with E-state index in [0.717, 1.165) is 6.42 Å². The van der Waals surface area contributed by atoms with Gasteiger partial charge in [0.2, 0.25) is 0 Å². The molecule has 2 unspecified atom stereocenters. The summed E-state index contributed by atoms with van der Waals surface area (Å²) in [4.78, 5) is 9.02. The molecule has 0 saturated carbocycles. The van der Waals surface area contributed by atoms with Gasteiger partial charge in [0.1, 0.15) is 12.8 Å². The Morgan fingerprint density at radius 2 is 2.24 bits per heavy atom. The van der Waals surface area contributed by atoms with Gasteiger partial charge in [-0.1, -0.05) is 13.0 Å². The third-order valence-corrected chi connectivity index (χ3v) is 5.18. The fourth-order valence-corrected chi connectivity index (χ4v) is 4.08. The van der Waals surface area contributed by atoms with Gasteiger partial charge in [0.05, 0.1) is 6.61 Å². The van der Waals surface area contributed by atoms with Crippen LogP contribution < -0.4 is 5.09 Å². The van der Waals surface area contributed by atoms with Crippen LogP contribution in [-0.4, -0.2) is 30.6 Å². The molecule has 1 rings (SSSR count). The summed E-state index contributed by atoms with van der Waals surface area (Å²) in [6.45, 7) is 3.70. The maximum Gasteiger partial charge on any atom is 0.314 e. The first-order valence-electron chi connectivity index (χ1n) is 6.79. The third kappa shape index (κ3) is 6.09. The van der Waals surface area contributed by atoms with E-state index < -0.39 is 6.64 Å². The molecule has 1 aromatic rings. The predicted octanol–water partition coefficient (Wildman–Crippen LogP) is 3.06. The lowest BCUT2D eigenvalue weighted by Gasteiger charge is -2.26. The SMILES string of the molecule is CCOP(=S)(NC(C)CC)OC(=NOC)c1ccccn1. The quantitative estimate of drug-likeness (QED) is 0.342. The molecule has 1 aromatic heterocycles. The van der Waals surface area contributed by atoms with Crippen molar-refractivity contribution >= 4 is 24.3 Å². The van der Waals surface area contributed by atoms with Crippen LogP contribution in [0.5, 0.6) is 0 Å². The second-order valence-electron chi connectivity index (χ2n) is 4.24. The molecule has 0 aliphatic rings. The molecule has 0 spiro atoms. The van der Waals surface area contributed by atoms with Gasteiger partial charge in [-0.25, -0.2) is 5.09 Å². The highest BCUT2D eigenvalue weighted by Crippen LogP contribution is 2.45. The molecular formula is C13H22N3O3PS. The molecule has 21 heavy (non-hydrogen) atoms. The number of nitrogens with zero attached hydrogens (tertiary/aromatic N) is 2. The highest BCUT2D eigenvalue weighted by atomic mass is 32.5. The lowest BCUT2D eigenvalue weighted by Crippen LogP contribution is -2.26. The number of pyridine rings is 1. The van der Waals surface area contributed by atoms with E-state index in [1.54, 1.807) is 12.3 Å². The zero-order valence-corrected chi connectivity index (χ0v) is 14.5. The molecule has 0 bridgehead atoms. The predicted molar refractivity (Wildman–Crippen MR) is 87.7 cm³/mol. The van der Waals surface area contributed by atoms with Crippen LogP contribution in [0.1, 0.15) is 32.9 Å². The van der Waals surface area contributed by atoms with E-state index in [4.69, 9.17) is 25.7 Å². The maximum absolute atomic E-state index is 5.83. The summed E-state index contributed by atoms with van der Waals surface area (Å²) in [7, 11) is 1.44. The summed E-state index contributed by atoms with van der Waals surface area (Å²) in [5.41, 5.74) is 0.541. The summed E-state index contributed by atoms with van der Waals surface area (Å²) in [5, 5.41) is 7.09. The monoisotopic (exact) mass is 331 g/mol. The fourth-order valence-electron chi connectivity index (χ4n) is 1.42. The lowest BCUT2D eigenvalue weighted by atomic mass is 10.3. The van der Waals surface area contributed by atoms with Gasteiger partial charge in [0.25, 0.3) is 5.90 Å². The third-order valence-electron chi connectivity index (χ3n) is 2.55. The Morgan fingerprint density at radius 1 is 1.48 bits per heavy atom. The largest absolute Gasteiger partial charge is 0.409 e. The Labute approximate surface area is 131 Å². The minimum atomic E-state index is -2.71. The Morgan fingerprint density at radius 3 is 2.76 bits per heavy atom. The number of hydrogen-bond donors (Lipinski definition) is 1. The van der Waals surface area contributed by atoms with Gasteiger partial charge in [-0.15, -0.1) is 0 Å². The molecule has 118 valence electrons. The molecule has 0 aromatic carbocycles. The Kier molecular flexibility index (Phi) is 7.82. The number of rotatable bonds is 8. The molecule has 0 saturated heterocycles. The Balaban J connectivity index is 2.98. The van der Waals surface area contributed by atoms with Crippen molar-refractivity contribution in [3.05, 3.63) is 30.1 Å². The normalized spacial score (nSPS) is 16.1. The van der Waals surface area contributed by atoms with Gasteiger partial charge in [0.15, 0.2) is 0 Å². The maximum atomic E-state index is 5.83. The van der Waals surface area contributed by atoms with Crippen molar-refractivity contribution in [3.63, 3.8) is 0 Å². The lowest BCUT2D eigenvalue weighted by molar-refractivity contribution is 0.204. The average Bonchev–Trinajstić information content (AvgIpc) is 2.47. The summed E-state index contributed by atoms with van der Waals surface area (Å²) in [6, 6.07) is 5.59. The van der Waals surface area contributed by atoms with E-state index in [0.29, 0.717) is 12.3 Å². The number of nitrogens with one attached hydrogen (secondary N) is 1. The second-order valence-corrected chi connectivity index (χ2v) is 7.37. The van der Waals surface area contributed by atoms with Crippen LogP contribution in [0.2, 0.25) is 0 Å². The molecule has 0 fully saturated rings. The number of hydrogen-bond acceptors (Lipinski definition) is 6. The highest BCUT2D eigenvalue weighted by Gasteiger charge is 2.25. The van der Waals surface area contributed by atoms with Crippen LogP contribution >= 0.6 is 6.64 Å². The van der Waals surface area contributed by atoms with Crippen molar-refractivity contribution in [1.82, 2.24) is 10.1 Å². The van der Waals surface area contributed by atoms with E-state index in [9.17, 15) is 0 Å². The average molecular weight is 331 g/mol. The van der Waals surface area contributed by atoms with Crippen molar-refractivity contribution in [2.45, 2.75) is 33.2 Å². The fraction of sp³-hybridized carbons (Fsp3) is 0.538. The standard InChI is InChI=1S/C13H22N3O3PS/c1-5-11(3)16-20(21,18-6-2)19-13(15-17-4)12-9-7-8-10-14-12/h7-11H,5-6H2,1-4H3,(H,16,21). The van der Waals surface area contributed by atoms with Crippen LogP contribution in [0, 0.1) is 0 Å². The van der Waals surface area contributed by atoms with E-state index in [1.165, 1.54) is 7.11 Å². The van der Waals surface area contributed by atoms with Gasteiger partial charge in [-0.3, -0.25) is 4.98 Å². The Bertz CT molecular complexity index is 499. The minimum absolute atomic E-state index is 0.176. The first-order chi connectivity index (χ1) is 10.0. The van der Waals surface area contributed by atoms with Crippen LogP contribution in [0.15, 0.2) is 29.6 Å². The van der Waals surface area contributed by atoms with Crippen molar-refractivity contribution < 1.29 is 13.9 Å². The number of aromatic nitrogens is 1. The first kappa shape index (κ1) is 18.0.